The Bertz CT molecular complexity index is 392. The van der Waals surface area contributed by atoms with E-state index >= 15 is 0 Å². The van der Waals surface area contributed by atoms with E-state index < -0.39 is 0 Å². The molecule has 0 aliphatic heterocycles. The average molecular weight is 259 g/mol. The van der Waals surface area contributed by atoms with E-state index in [9.17, 15) is 4.79 Å². The van der Waals surface area contributed by atoms with Crippen LogP contribution in [0.2, 0.25) is 0 Å². The molecule has 0 radical (unpaired) electrons. The van der Waals surface area contributed by atoms with Crippen LogP contribution in [0, 0.1) is 6.92 Å². The fourth-order valence-corrected chi connectivity index (χ4v) is 1.85. The van der Waals surface area contributed by atoms with Crippen LogP contribution in [0.4, 0.5) is 0 Å². The second-order valence-electron chi connectivity index (χ2n) is 4.95. The van der Waals surface area contributed by atoms with Gasteiger partial charge in [0.05, 0.1) is 0 Å². The van der Waals surface area contributed by atoms with Crippen LogP contribution < -0.4 is 5.32 Å². The maximum atomic E-state index is 11.6. The van der Waals surface area contributed by atoms with E-state index in [1.54, 1.807) is 6.08 Å². The number of unbranched alkanes of at least 4 members (excludes halogenated alkanes) is 4. The van der Waals surface area contributed by atoms with Crippen molar-refractivity contribution in [2.45, 2.75) is 46.0 Å². The van der Waals surface area contributed by atoms with E-state index in [0.717, 1.165) is 18.5 Å². The van der Waals surface area contributed by atoms with Crippen LogP contribution in [-0.4, -0.2) is 12.5 Å². The number of benzene rings is 1. The summed E-state index contributed by atoms with van der Waals surface area (Å²) in [5.74, 6) is -0.00364. The van der Waals surface area contributed by atoms with Gasteiger partial charge in [-0.3, -0.25) is 4.79 Å². The van der Waals surface area contributed by atoms with Crippen molar-refractivity contribution in [3.8, 4) is 0 Å². The Labute approximate surface area is 116 Å². The summed E-state index contributed by atoms with van der Waals surface area (Å²) >= 11 is 0. The number of hydrogen-bond acceptors (Lipinski definition) is 1. The number of carbonyl (C=O) groups is 1. The predicted octanol–water partition coefficient (Wildman–Crippen LogP) is 4.09. The van der Waals surface area contributed by atoms with E-state index in [0.29, 0.717) is 0 Å². The molecule has 0 aliphatic rings. The highest BCUT2D eigenvalue weighted by molar-refractivity contribution is 5.91. The Hall–Kier alpha value is -1.57. The third-order valence-electron chi connectivity index (χ3n) is 3.08. The zero-order valence-corrected chi connectivity index (χ0v) is 12.1. The summed E-state index contributed by atoms with van der Waals surface area (Å²) in [6.07, 6.45) is 9.56. The Balaban J connectivity index is 2.18. The SMILES string of the molecule is CCCCCCCNC(=O)/C=C/c1ccc(C)cc1. The van der Waals surface area contributed by atoms with Crippen LogP contribution in [0.1, 0.15) is 50.2 Å². The van der Waals surface area contributed by atoms with Crippen molar-refractivity contribution in [2.75, 3.05) is 6.54 Å². The minimum Gasteiger partial charge on any atom is -0.353 e. The van der Waals surface area contributed by atoms with Crippen LogP contribution in [0.5, 0.6) is 0 Å². The lowest BCUT2D eigenvalue weighted by Gasteiger charge is -2.02. The molecule has 0 saturated heterocycles. The first-order valence-corrected chi connectivity index (χ1v) is 7.25. The van der Waals surface area contributed by atoms with Gasteiger partial charge in [-0.2, -0.15) is 0 Å². The van der Waals surface area contributed by atoms with Crippen molar-refractivity contribution in [2.24, 2.45) is 0 Å². The van der Waals surface area contributed by atoms with Gasteiger partial charge in [0.25, 0.3) is 0 Å². The van der Waals surface area contributed by atoms with Crippen molar-refractivity contribution in [3.63, 3.8) is 0 Å². The number of carbonyl (C=O) groups excluding carboxylic acids is 1. The van der Waals surface area contributed by atoms with Gasteiger partial charge in [-0.25, -0.2) is 0 Å². The summed E-state index contributed by atoms with van der Waals surface area (Å²) in [7, 11) is 0. The lowest BCUT2D eigenvalue weighted by Crippen LogP contribution is -2.21. The summed E-state index contributed by atoms with van der Waals surface area (Å²) in [6, 6.07) is 8.13. The molecule has 1 aromatic carbocycles. The molecule has 0 saturated carbocycles. The first kappa shape index (κ1) is 15.5. The lowest BCUT2D eigenvalue weighted by atomic mass is 10.1. The molecule has 2 nitrogen and oxygen atoms in total. The first-order valence-electron chi connectivity index (χ1n) is 7.25. The van der Waals surface area contributed by atoms with E-state index in [1.165, 1.54) is 31.2 Å². The minimum absolute atomic E-state index is 0.00364. The maximum Gasteiger partial charge on any atom is 0.243 e. The van der Waals surface area contributed by atoms with Gasteiger partial charge in [0, 0.05) is 12.6 Å². The smallest absolute Gasteiger partial charge is 0.243 e. The zero-order chi connectivity index (χ0) is 13.9. The normalized spacial score (nSPS) is 10.8. The fraction of sp³-hybridized carbons (Fsp3) is 0.471. The Morgan fingerprint density at radius 3 is 2.47 bits per heavy atom. The molecule has 0 aliphatic carbocycles. The van der Waals surface area contributed by atoms with Crippen molar-refractivity contribution < 1.29 is 4.79 Å². The van der Waals surface area contributed by atoms with E-state index in [1.807, 2.05) is 30.3 Å². The number of rotatable bonds is 8. The summed E-state index contributed by atoms with van der Waals surface area (Å²) in [5, 5.41) is 2.92. The molecule has 19 heavy (non-hydrogen) atoms. The van der Waals surface area contributed by atoms with Crippen LogP contribution in [0.25, 0.3) is 6.08 Å². The number of hydrogen-bond donors (Lipinski definition) is 1. The van der Waals surface area contributed by atoms with Crippen LogP contribution in [0.15, 0.2) is 30.3 Å². The van der Waals surface area contributed by atoms with Crippen LogP contribution >= 0.6 is 0 Å². The Kier molecular flexibility index (Phi) is 7.64. The first-order chi connectivity index (χ1) is 9.22. The van der Waals surface area contributed by atoms with Crippen molar-refractivity contribution in [3.05, 3.63) is 41.5 Å². The molecule has 1 amide bonds. The second-order valence-corrected chi connectivity index (χ2v) is 4.95. The molecule has 0 atom stereocenters. The molecule has 0 heterocycles. The topological polar surface area (TPSA) is 29.1 Å². The monoisotopic (exact) mass is 259 g/mol. The Morgan fingerprint density at radius 1 is 1.11 bits per heavy atom. The highest BCUT2D eigenvalue weighted by atomic mass is 16.1. The van der Waals surface area contributed by atoms with E-state index in [-0.39, 0.29) is 5.91 Å². The summed E-state index contributed by atoms with van der Waals surface area (Å²) in [4.78, 5) is 11.6. The van der Waals surface area contributed by atoms with Gasteiger partial charge in [-0.05, 0) is 25.0 Å². The summed E-state index contributed by atoms with van der Waals surface area (Å²) in [6.45, 7) is 5.04. The molecule has 104 valence electrons. The summed E-state index contributed by atoms with van der Waals surface area (Å²) in [5.41, 5.74) is 2.29. The average Bonchev–Trinajstić information content (AvgIpc) is 2.42. The predicted molar refractivity (Wildman–Crippen MR) is 82.0 cm³/mol. The molecule has 2 heteroatoms. The molecular formula is C17H25NO. The fourth-order valence-electron chi connectivity index (χ4n) is 1.85. The minimum atomic E-state index is -0.00364. The van der Waals surface area contributed by atoms with Gasteiger partial charge in [-0.15, -0.1) is 0 Å². The number of aryl methyl sites for hydroxylation is 1. The largest absolute Gasteiger partial charge is 0.353 e. The second kappa shape index (κ2) is 9.37. The molecule has 0 spiro atoms. The van der Waals surface area contributed by atoms with Gasteiger partial charge in [-0.1, -0.05) is 62.4 Å². The number of amides is 1. The highest BCUT2D eigenvalue weighted by Crippen LogP contribution is 2.05. The maximum absolute atomic E-state index is 11.6. The van der Waals surface area contributed by atoms with Crippen molar-refractivity contribution >= 4 is 12.0 Å². The molecule has 1 N–H and O–H groups in total. The Morgan fingerprint density at radius 2 is 1.79 bits per heavy atom. The van der Waals surface area contributed by atoms with Crippen molar-refractivity contribution in [1.82, 2.24) is 5.32 Å². The van der Waals surface area contributed by atoms with Gasteiger partial charge in [0.15, 0.2) is 0 Å². The molecular weight excluding hydrogens is 234 g/mol. The molecule has 1 aromatic rings. The van der Waals surface area contributed by atoms with Gasteiger partial charge in [0.1, 0.15) is 0 Å². The van der Waals surface area contributed by atoms with E-state index in [2.05, 4.69) is 19.2 Å². The van der Waals surface area contributed by atoms with Crippen molar-refractivity contribution in [1.29, 1.82) is 0 Å². The van der Waals surface area contributed by atoms with Crippen LogP contribution in [-0.2, 0) is 4.79 Å². The molecule has 0 aromatic heterocycles. The van der Waals surface area contributed by atoms with Gasteiger partial charge >= 0.3 is 0 Å². The van der Waals surface area contributed by atoms with E-state index in [4.69, 9.17) is 0 Å². The molecule has 0 bridgehead atoms. The van der Waals surface area contributed by atoms with Gasteiger partial charge < -0.3 is 5.32 Å². The zero-order valence-electron chi connectivity index (χ0n) is 12.1. The third kappa shape index (κ3) is 7.45. The summed E-state index contributed by atoms with van der Waals surface area (Å²) < 4.78 is 0. The molecule has 1 rings (SSSR count). The standard InChI is InChI=1S/C17H25NO/c1-3-4-5-6-7-14-18-17(19)13-12-16-10-8-15(2)9-11-16/h8-13H,3-7,14H2,1-2H3,(H,18,19)/b13-12+. The molecule has 0 unspecified atom stereocenters. The lowest BCUT2D eigenvalue weighted by molar-refractivity contribution is -0.116. The quantitative estimate of drug-likeness (QED) is 0.553. The molecule has 0 fully saturated rings. The third-order valence-corrected chi connectivity index (χ3v) is 3.08. The number of nitrogens with one attached hydrogen (secondary N) is 1. The van der Waals surface area contributed by atoms with Crippen LogP contribution in [0.3, 0.4) is 0 Å². The van der Waals surface area contributed by atoms with Gasteiger partial charge in [0.2, 0.25) is 5.91 Å². The highest BCUT2D eigenvalue weighted by Gasteiger charge is 1.95.